The first-order valence-corrected chi connectivity index (χ1v) is 19.1. The largest absolute Gasteiger partial charge is 0.494 e. The normalized spacial score (nSPS) is 19.7. The van der Waals surface area contributed by atoms with Crippen molar-refractivity contribution in [1.29, 1.82) is 5.26 Å². The van der Waals surface area contributed by atoms with Crippen LogP contribution in [0.2, 0.25) is 0 Å². The van der Waals surface area contributed by atoms with E-state index in [1.165, 1.54) is 11.3 Å². The van der Waals surface area contributed by atoms with Gasteiger partial charge in [-0.05, 0) is 99.0 Å². The van der Waals surface area contributed by atoms with Crippen molar-refractivity contribution < 1.29 is 23.9 Å². The molecule has 4 aromatic rings. The summed E-state index contributed by atoms with van der Waals surface area (Å²) >= 11 is 0. The number of nitriles is 1. The van der Waals surface area contributed by atoms with Crippen LogP contribution in [0.25, 0.3) is 10.9 Å². The molecule has 0 spiro atoms. The van der Waals surface area contributed by atoms with Gasteiger partial charge < -0.3 is 19.5 Å². The van der Waals surface area contributed by atoms with Crippen molar-refractivity contribution in [2.75, 3.05) is 62.2 Å². The number of piperazine rings is 1. The number of H-pyrrole nitrogens is 1. The van der Waals surface area contributed by atoms with Gasteiger partial charge in [0.1, 0.15) is 17.9 Å². The number of amides is 4. The molecular weight excluding hydrogens is 683 g/mol. The van der Waals surface area contributed by atoms with Crippen LogP contribution >= 0.6 is 0 Å². The number of hydrogen-bond donors (Lipinski definition) is 2. The molecule has 5 heterocycles. The molecule has 4 amide bonds. The Labute approximate surface area is 314 Å². The lowest BCUT2D eigenvalue weighted by Gasteiger charge is -2.36. The van der Waals surface area contributed by atoms with Gasteiger partial charge in [-0.15, -0.1) is 0 Å². The summed E-state index contributed by atoms with van der Waals surface area (Å²) in [5, 5.41) is 12.8. The van der Waals surface area contributed by atoms with E-state index in [0.717, 1.165) is 104 Å². The average Bonchev–Trinajstić information content (AvgIpc) is 3.74. The topological polar surface area (TPSA) is 142 Å². The minimum Gasteiger partial charge on any atom is -0.494 e. The number of aryl methyl sites for hydroxylation is 1. The average molecular weight is 728 g/mol. The lowest BCUT2D eigenvalue weighted by molar-refractivity contribution is -0.136. The van der Waals surface area contributed by atoms with Gasteiger partial charge in [0, 0.05) is 63.0 Å². The molecule has 8 rings (SSSR count). The van der Waals surface area contributed by atoms with E-state index >= 15 is 0 Å². The van der Waals surface area contributed by atoms with Crippen LogP contribution in [0.4, 0.5) is 11.4 Å². The van der Waals surface area contributed by atoms with E-state index in [1.54, 1.807) is 12.1 Å². The van der Waals surface area contributed by atoms with E-state index < -0.39 is 23.8 Å². The van der Waals surface area contributed by atoms with Gasteiger partial charge in [-0.25, -0.2) is 0 Å². The third-order valence-electron chi connectivity index (χ3n) is 11.6. The number of nitrogens with one attached hydrogen (secondary N) is 2. The second kappa shape index (κ2) is 15.0. The Bertz CT molecular complexity index is 2140. The van der Waals surface area contributed by atoms with Gasteiger partial charge in [0.05, 0.1) is 34.5 Å². The van der Waals surface area contributed by atoms with Crippen LogP contribution in [-0.2, 0) is 9.59 Å². The highest BCUT2D eigenvalue weighted by Gasteiger charge is 2.44. The van der Waals surface area contributed by atoms with Crippen molar-refractivity contribution >= 4 is 45.9 Å². The number of carbonyl (C=O) groups excluding carboxylic acids is 4. The molecule has 12 heteroatoms. The molecule has 0 radical (unpaired) electrons. The van der Waals surface area contributed by atoms with Crippen LogP contribution in [0.3, 0.4) is 0 Å². The van der Waals surface area contributed by atoms with Crippen molar-refractivity contribution in [2.24, 2.45) is 0 Å². The van der Waals surface area contributed by atoms with Crippen molar-refractivity contribution in [3.05, 3.63) is 88.6 Å². The summed E-state index contributed by atoms with van der Waals surface area (Å²) in [5.74, 6) is -0.527. The smallest absolute Gasteiger partial charge is 0.262 e. The first-order chi connectivity index (χ1) is 26.3. The third-order valence-corrected chi connectivity index (χ3v) is 11.6. The van der Waals surface area contributed by atoms with Crippen LogP contribution in [0.1, 0.15) is 81.8 Å². The second-order valence-corrected chi connectivity index (χ2v) is 14.9. The number of carbonyl (C=O) groups is 4. The molecule has 0 bridgehead atoms. The Hall–Kier alpha value is -5.67. The standard InChI is InChI=1S/C42H45N7O5/c1-27-4-11-35(39-38(27)30(25-43)26-44-39)48-17-14-29(15-18-48)28-5-8-32(9-6-28)54-23-3-2-16-46-19-21-47(22-20-46)31-7-10-33-34(24-31)42(53)49(41(33)52)36-12-13-37(50)45-40(36)51/h4-11,24,26,29,36,44H,2-3,12-23H2,1H3,(H,45,50,51). The summed E-state index contributed by atoms with van der Waals surface area (Å²) in [4.78, 5) is 61.8. The molecular formula is C42H45N7O5. The zero-order valence-electron chi connectivity index (χ0n) is 30.6. The van der Waals surface area contributed by atoms with E-state index in [2.05, 4.69) is 74.4 Å². The maximum absolute atomic E-state index is 13.3. The number of aromatic amines is 1. The summed E-state index contributed by atoms with van der Waals surface area (Å²) < 4.78 is 6.11. The van der Waals surface area contributed by atoms with Gasteiger partial charge in [-0.2, -0.15) is 5.26 Å². The summed E-state index contributed by atoms with van der Waals surface area (Å²) in [6, 6.07) is 19.6. The fraction of sp³-hybridized carbons (Fsp3) is 0.405. The predicted octanol–water partition coefficient (Wildman–Crippen LogP) is 5.11. The quantitative estimate of drug-likeness (QED) is 0.168. The Morgan fingerprint density at radius 2 is 1.59 bits per heavy atom. The number of hydrogen-bond acceptors (Lipinski definition) is 9. The summed E-state index contributed by atoms with van der Waals surface area (Å²) in [6.45, 7) is 9.09. The van der Waals surface area contributed by atoms with E-state index in [9.17, 15) is 24.4 Å². The lowest BCUT2D eigenvalue weighted by Crippen LogP contribution is -2.54. The maximum Gasteiger partial charge on any atom is 0.262 e. The molecule has 1 atom stereocenters. The van der Waals surface area contributed by atoms with Gasteiger partial charge in [-0.3, -0.25) is 34.3 Å². The molecule has 3 saturated heterocycles. The lowest BCUT2D eigenvalue weighted by atomic mass is 9.89. The van der Waals surface area contributed by atoms with Gasteiger partial charge in [-0.1, -0.05) is 18.2 Å². The minimum absolute atomic E-state index is 0.100. The molecule has 278 valence electrons. The first-order valence-electron chi connectivity index (χ1n) is 19.1. The number of piperidine rings is 2. The number of unbranched alkanes of at least 4 members (excludes halogenated alkanes) is 1. The number of imide groups is 2. The van der Waals surface area contributed by atoms with Crippen LogP contribution < -0.4 is 19.9 Å². The Balaban J connectivity index is 0.750. The number of benzene rings is 3. The molecule has 1 unspecified atom stereocenters. The maximum atomic E-state index is 13.3. The molecule has 4 aliphatic heterocycles. The highest BCUT2D eigenvalue weighted by atomic mass is 16.5. The first kappa shape index (κ1) is 35.4. The van der Waals surface area contributed by atoms with Gasteiger partial charge >= 0.3 is 0 Å². The highest BCUT2D eigenvalue weighted by Crippen LogP contribution is 2.36. The van der Waals surface area contributed by atoms with Gasteiger partial charge in [0.15, 0.2) is 0 Å². The van der Waals surface area contributed by atoms with Crippen LogP contribution in [0.5, 0.6) is 5.75 Å². The molecule has 0 aliphatic carbocycles. The molecule has 1 aromatic heterocycles. The van der Waals surface area contributed by atoms with Crippen LogP contribution in [0.15, 0.2) is 60.8 Å². The molecule has 54 heavy (non-hydrogen) atoms. The minimum atomic E-state index is -0.961. The SMILES string of the molecule is Cc1ccc(N2CCC(c3ccc(OCCCCN4CCN(c5ccc6c(c5)C(=O)N(C5CCC(=O)NC5=O)C6=O)CC4)cc3)CC2)c2[nH]cc(C#N)c12. The van der Waals surface area contributed by atoms with E-state index in [4.69, 9.17) is 4.74 Å². The van der Waals surface area contributed by atoms with Gasteiger partial charge in [0.2, 0.25) is 11.8 Å². The number of ether oxygens (including phenoxy) is 1. The Morgan fingerprint density at radius 3 is 2.33 bits per heavy atom. The number of fused-ring (bicyclic) bond motifs is 2. The summed E-state index contributed by atoms with van der Waals surface area (Å²) in [5.41, 5.74) is 6.93. The fourth-order valence-corrected chi connectivity index (χ4v) is 8.56. The van der Waals surface area contributed by atoms with Gasteiger partial charge in [0.25, 0.3) is 11.8 Å². The molecule has 4 aliphatic rings. The number of rotatable bonds is 10. The highest BCUT2D eigenvalue weighted by molar-refractivity contribution is 6.23. The third kappa shape index (κ3) is 6.80. The monoisotopic (exact) mass is 727 g/mol. The van der Waals surface area contributed by atoms with E-state index in [1.807, 2.05) is 12.3 Å². The zero-order chi connectivity index (χ0) is 37.3. The molecule has 3 fully saturated rings. The summed E-state index contributed by atoms with van der Waals surface area (Å²) in [6.07, 6.45) is 6.22. The number of anilines is 2. The van der Waals surface area contributed by atoms with E-state index in [0.29, 0.717) is 29.2 Å². The molecule has 0 saturated carbocycles. The molecule has 3 aromatic carbocycles. The molecule has 2 N–H and O–H groups in total. The zero-order valence-corrected chi connectivity index (χ0v) is 30.6. The molecule has 12 nitrogen and oxygen atoms in total. The second-order valence-electron chi connectivity index (χ2n) is 14.9. The van der Waals surface area contributed by atoms with Crippen molar-refractivity contribution in [2.45, 2.75) is 57.4 Å². The number of nitrogens with zero attached hydrogens (tertiary/aromatic N) is 5. The van der Waals surface area contributed by atoms with Crippen molar-refractivity contribution in [1.82, 2.24) is 20.1 Å². The van der Waals surface area contributed by atoms with Crippen molar-refractivity contribution in [3.63, 3.8) is 0 Å². The van der Waals surface area contributed by atoms with Crippen LogP contribution in [0, 0.1) is 18.3 Å². The Kier molecular flexibility index (Phi) is 9.82. The van der Waals surface area contributed by atoms with Crippen molar-refractivity contribution in [3.8, 4) is 11.8 Å². The number of aromatic nitrogens is 1. The van der Waals surface area contributed by atoms with Crippen LogP contribution in [-0.4, -0.2) is 96.9 Å². The van der Waals surface area contributed by atoms with E-state index in [-0.39, 0.29) is 18.7 Å². The predicted molar refractivity (Wildman–Crippen MR) is 205 cm³/mol. The summed E-state index contributed by atoms with van der Waals surface area (Å²) in [7, 11) is 0. The fourth-order valence-electron chi connectivity index (χ4n) is 8.56. The Morgan fingerprint density at radius 1 is 0.833 bits per heavy atom.